The summed E-state index contributed by atoms with van der Waals surface area (Å²) in [5, 5.41) is 5.00. The summed E-state index contributed by atoms with van der Waals surface area (Å²) in [5.74, 6) is 0.480. The monoisotopic (exact) mass is 338 g/mol. The van der Waals surface area contributed by atoms with Gasteiger partial charge in [0.05, 0.1) is 4.88 Å². The number of hydrogen-bond donors (Lipinski definition) is 2. The van der Waals surface area contributed by atoms with Crippen LogP contribution in [-0.2, 0) is 0 Å². The topological polar surface area (TPSA) is 55.1 Å². The van der Waals surface area contributed by atoms with Crippen molar-refractivity contribution in [3.63, 3.8) is 0 Å². The lowest BCUT2D eigenvalue weighted by Gasteiger charge is -2.18. The smallest absolute Gasteiger partial charge is 0.261 e. The Balaban J connectivity index is 0.00000144. The number of nitrogens with one attached hydrogen (secondary N) is 1. The first-order valence-corrected chi connectivity index (χ1v) is 7.13. The maximum Gasteiger partial charge on any atom is 0.261 e. The number of halogens is 2. The van der Waals surface area contributed by atoms with Gasteiger partial charge in [-0.25, -0.2) is 0 Å². The van der Waals surface area contributed by atoms with Crippen LogP contribution in [-0.4, -0.2) is 18.5 Å². The van der Waals surface area contributed by atoms with Gasteiger partial charge in [-0.05, 0) is 47.3 Å². The third-order valence-corrected chi connectivity index (χ3v) is 4.76. The fourth-order valence-corrected chi connectivity index (χ4v) is 3.51. The molecule has 1 aromatic rings. The summed E-state index contributed by atoms with van der Waals surface area (Å²) in [5.41, 5.74) is 5.69. The van der Waals surface area contributed by atoms with Gasteiger partial charge in [-0.2, -0.15) is 0 Å². The summed E-state index contributed by atoms with van der Waals surface area (Å²) in [6.45, 7) is 0.666. The van der Waals surface area contributed by atoms with Gasteiger partial charge in [0.25, 0.3) is 5.91 Å². The molecule has 1 fully saturated rings. The Morgan fingerprint density at radius 2 is 2.35 bits per heavy atom. The molecule has 3 N–H and O–H groups in total. The molecule has 17 heavy (non-hydrogen) atoms. The summed E-state index contributed by atoms with van der Waals surface area (Å²) in [4.78, 5) is 12.7. The highest BCUT2D eigenvalue weighted by Crippen LogP contribution is 2.26. The van der Waals surface area contributed by atoms with Crippen LogP contribution in [0.3, 0.4) is 0 Å². The van der Waals surface area contributed by atoms with E-state index in [0.29, 0.717) is 12.5 Å². The zero-order chi connectivity index (χ0) is 11.5. The lowest BCUT2D eigenvalue weighted by atomic mass is 10.0. The lowest BCUT2D eigenvalue weighted by Crippen LogP contribution is -2.39. The van der Waals surface area contributed by atoms with Crippen LogP contribution in [0.25, 0.3) is 0 Å². The van der Waals surface area contributed by atoms with Gasteiger partial charge in [-0.15, -0.1) is 23.7 Å². The Morgan fingerprint density at radius 3 is 2.94 bits per heavy atom. The summed E-state index contributed by atoms with van der Waals surface area (Å²) in [7, 11) is 0. The van der Waals surface area contributed by atoms with Gasteiger partial charge in [0.2, 0.25) is 0 Å². The molecule has 1 saturated carbocycles. The molecule has 0 bridgehead atoms. The second-order valence-electron chi connectivity index (χ2n) is 4.14. The molecular formula is C11H16BrClN2OS. The third-order valence-electron chi connectivity index (χ3n) is 3.07. The second kappa shape index (κ2) is 6.73. The third kappa shape index (κ3) is 3.68. The van der Waals surface area contributed by atoms with Crippen molar-refractivity contribution in [2.75, 3.05) is 6.54 Å². The molecule has 0 saturated heterocycles. The number of rotatable bonds is 3. The SMILES string of the molecule is Cl.NCC1CCCC1NC(=O)c1cc(Br)cs1. The van der Waals surface area contributed by atoms with Crippen LogP contribution in [0.5, 0.6) is 0 Å². The number of thiophene rings is 1. The maximum atomic E-state index is 11.9. The molecule has 1 amide bonds. The van der Waals surface area contributed by atoms with Crippen LogP contribution in [0.1, 0.15) is 28.9 Å². The molecule has 0 aromatic carbocycles. The molecule has 2 unspecified atom stereocenters. The van der Waals surface area contributed by atoms with E-state index >= 15 is 0 Å². The van der Waals surface area contributed by atoms with Crippen LogP contribution >= 0.6 is 39.7 Å². The Kier molecular flexibility index (Phi) is 5.92. The second-order valence-corrected chi connectivity index (χ2v) is 5.96. The molecule has 6 heteroatoms. The van der Waals surface area contributed by atoms with Gasteiger partial charge in [0.1, 0.15) is 0 Å². The predicted molar refractivity (Wildman–Crippen MR) is 76.9 cm³/mol. The zero-order valence-electron chi connectivity index (χ0n) is 9.32. The fourth-order valence-electron chi connectivity index (χ4n) is 2.18. The fraction of sp³-hybridized carbons (Fsp3) is 0.545. The van der Waals surface area contributed by atoms with E-state index in [1.807, 2.05) is 11.4 Å². The van der Waals surface area contributed by atoms with E-state index in [1.165, 1.54) is 17.8 Å². The summed E-state index contributed by atoms with van der Waals surface area (Å²) >= 11 is 4.81. The average molecular weight is 340 g/mol. The maximum absolute atomic E-state index is 11.9. The molecule has 0 aliphatic heterocycles. The largest absolute Gasteiger partial charge is 0.348 e. The van der Waals surface area contributed by atoms with Crippen molar-refractivity contribution in [3.8, 4) is 0 Å². The molecule has 2 atom stereocenters. The number of carbonyl (C=O) groups is 1. The molecule has 1 aliphatic rings. The van der Waals surface area contributed by atoms with E-state index in [2.05, 4.69) is 21.2 Å². The highest BCUT2D eigenvalue weighted by molar-refractivity contribution is 9.10. The molecule has 1 heterocycles. The van der Waals surface area contributed by atoms with Crippen LogP contribution in [0.4, 0.5) is 0 Å². The van der Waals surface area contributed by atoms with Crippen molar-refractivity contribution in [2.24, 2.45) is 11.7 Å². The van der Waals surface area contributed by atoms with Crippen LogP contribution in [0, 0.1) is 5.92 Å². The van der Waals surface area contributed by atoms with Gasteiger partial charge in [0, 0.05) is 15.9 Å². The van der Waals surface area contributed by atoms with E-state index in [9.17, 15) is 4.79 Å². The van der Waals surface area contributed by atoms with Crippen molar-refractivity contribution < 1.29 is 4.79 Å². The van der Waals surface area contributed by atoms with Crippen molar-refractivity contribution in [1.82, 2.24) is 5.32 Å². The Labute approximate surface area is 120 Å². The Bertz CT molecular complexity index is 385. The molecule has 0 spiro atoms. The highest BCUT2D eigenvalue weighted by Gasteiger charge is 2.27. The summed E-state index contributed by atoms with van der Waals surface area (Å²) in [6.07, 6.45) is 3.36. The quantitative estimate of drug-likeness (QED) is 0.889. The number of carbonyl (C=O) groups excluding carboxylic acids is 1. The van der Waals surface area contributed by atoms with Crippen molar-refractivity contribution in [2.45, 2.75) is 25.3 Å². The highest BCUT2D eigenvalue weighted by atomic mass is 79.9. The molecule has 1 aliphatic carbocycles. The number of nitrogens with two attached hydrogens (primary N) is 1. The average Bonchev–Trinajstić information content (AvgIpc) is 2.86. The normalized spacial score (nSPS) is 23.2. The Morgan fingerprint density at radius 1 is 1.59 bits per heavy atom. The first-order valence-electron chi connectivity index (χ1n) is 5.45. The minimum absolute atomic E-state index is 0. The van der Waals surface area contributed by atoms with E-state index in [0.717, 1.165) is 22.2 Å². The van der Waals surface area contributed by atoms with Gasteiger partial charge in [0.15, 0.2) is 0 Å². The minimum Gasteiger partial charge on any atom is -0.348 e. The van der Waals surface area contributed by atoms with Gasteiger partial charge in [-0.1, -0.05) is 6.42 Å². The minimum atomic E-state index is 0. The first-order chi connectivity index (χ1) is 7.70. The van der Waals surface area contributed by atoms with Crippen LogP contribution in [0.15, 0.2) is 15.9 Å². The zero-order valence-corrected chi connectivity index (χ0v) is 12.5. The van der Waals surface area contributed by atoms with Crippen LogP contribution in [0.2, 0.25) is 0 Å². The van der Waals surface area contributed by atoms with Gasteiger partial charge >= 0.3 is 0 Å². The van der Waals surface area contributed by atoms with E-state index in [1.54, 1.807) is 0 Å². The molecule has 1 aromatic heterocycles. The molecule has 0 radical (unpaired) electrons. The van der Waals surface area contributed by atoms with Crippen molar-refractivity contribution in [3.05, 3.63) is 20.8 Å². The predicted octanol–water partition coefficient (Wildman–Crippen LogP) is 2.79. The van der Waals surface area contributed by atoms with Crippen molar-refractivity contribution in [1.29, 1.82) is 0 Å². The summed E-state index contributed by atoms with van der Waals surface area (Å²) < 4.78 is 0.962. The van der Waals surface area contributed by atoms with E-state index in [-0.39, 0.29) is 24.4 Å². The summed E-state index contributed by atoms with van der Waals surface area (Å²) in [6, 6.07) is 2.12. The van der Waals surface area contributed by atoms with E-state index < -0.39 is 0 Å². The molecule has 96 valence electrons. The number of amides is 1. The van der Waals surface area contributed by atoms with E-state index in [4.69, 9.17) is 5.73 Å². The standard InChI is InChI=1S/C11H15BrN2OS.ClH/c12-8-4-10(16-6-8)11(15)14-9-3-1-2-7(9)5-13;/h4,6-7,9H,1-3,5,13H2,(H,14,15);1H. The molecule has 3 nitrogen and oxygen atoms in total. The Hall–Kier alpha value is -0.100. The van der Waals surface area contributed by atoms with Crippen molar-refractivity contribution >= 4 is 45.6 Å². The molecule has 2 rings (SSSR count). The van der Waals surface area contributed by atoms with Gasteiger partial charge < -0.3 is 11.1 Å². The molecular weight excluding hydrogens is 324 g/mol. The van der Waals surface area contributed by atoms with Crippen LogP contribution < -0.4 is 11.1 Å². The number of hydrogen-bond acceptors (Lipinski definition) is 3. The lowest BCUT2D eigenvalue weighted by molar-refractivity contribution is 0.0933. The van der Waals surface area contributed by atoms with Gasteiger partial charge in [-0.3, -0.25) is 4.79 Å². The first kappa shape index (κ1) is 15.0.